The maximum Gasteiger partial charge on any atom is 0.271 e. The molecule has 1 saturated heterocycles. The Morgan fingerprint density at radius 1 is 0.893 bits per heavy atom. The Kier molecular flexibility index (Phi) is 6.30. The van der Waals surface area contributed by atoms with Crippen LogP contribution in [-0.4, -0.2) is 50.8 Å². The van der Waals surface area contributed by atoms with E-state index in [1.807, 2.05) is 0 Å². The molecular weight excluding hydrogens is 406 g/mol. The molecule has 2 N–H and O–H groups in total. The summed E-state index contributed by atoms with van der Waals surface area (Å²) in [7, 11) is -3.88. The molecule has 1 aliphatic rings. The summed E-state index contributed by atoms with van der Waals surface area (Å²) in [5.74, 6) is -1.37. The van der Waals surface area contributed by atoms with Crippen LogP contribution in [0.25, 0.3) is 0 Å². The number of benzene rings is 2. The van der Waals surface area contributed by atoms with Crippen molar-refractivity contribution in [3.05, 3.63) is 64.7 Å². The van der Waals surface area contributed by atoms with E-state index in [-0.39, 0.29) is 34.1 Å². The zero-order valence-electron chi connectivity index (χ0n) is 14.7. The zero-order chi connectivity index (χ0) is 20.1. The van der Waals surface area contributed by atoms with Crippen LogP contribution in [0.3, 0.4) is 0 Å². The molecule has 10 heteroatoms. The van der Waals surface area contributed by atoms with Crippen molar-refractivity contribution in [2.45, 2.75) is 4.90 Å². The topological polar surface area (TPSA) is 105 Å². The van der Waals surface area contributed by atoms with Gasteiger partial charge in [0, 0.05) is 13.1 Å². The van der Waals surface area contributed by atoms with Crippen molar-refractivity contribution < 1.29 is 22.7 Å². The van der Waals surface area contributed by atoms with Gasteiger partial charge in [-0.3, -0.25) is 20.4 Å². The van der Waals surface area contributed by atoms with Crippen LogP contribution in [0.15, 0.2) is 53.4 Å². The Bertz CT molecular complexity index is 990. The predicted octanol–water partition coefficient (Wildman–Crippen LogP) is 1.44. The number of sulfonamides is 1. The van der Waals surface area contributed by atoms with Gasteiger partial charge in [0.1, 0.15) is 0 Å². The minimum atomic E-state index is -3.88. The third kappa shape index (κ3) is 4.33. The van der Waals surface area contributed by atoms with Crippen LogP contribution < -0.4 is 10.9 Å². The first kappa shape index (κ1) is 20.3. The van der Waals surface area contributed by atoms with Gasteiger partial charge in [-0.15, -0.1) is 0 Å². The molecule has 1 aliphatic heterocycles. The van der Waals surface area contributed by atoms with Crippen molar-refractivity contribution in [3.63, 3.8) is 0 Å². The van der Waals surface area contributed by atoms with Crippen molar-refractivity contribution in [3.8, 4) is 0 Å². The van der Waals surface area contributed by atoms with Gasteiger partial charge in [0.15, 0.2) is 0 Å². The lowest BCUT2D eigenvalue weighted by atomic mass is 10.2. The number of hydrazine groups is 1. The maximum atomic E-state index is 12.9. The number of hydrogen-bond acceptors (Lipinski definition) is 5. The van der Waals surface area contributed by atoms with Gasteiger partial charge in [-0.2, -0.15) is 4.31 Å². The van der Waals surface area contributed by atoms with E-state index in [2.05, 4.69) is 10.9 Å². The molecule has 8 nitrogen and oxygen atoms in total. The predicted molar refractivity (Wildman–Crippen MR) is 102 cm³/mol. The molecule has 3 rings (SSSR count). The maximum absolute atomic E-state index is 12.9. The van der Waals surface area contributed by atoms with Crippen molar-refractivity contribution in [2.24, 2.45) is 0 Å². The van der Waals surface area contributed by atoms with Gasteiger partial charge >= 0.3 is 0 Å². The normalized spacial score (nSPS) is 15.0. The molecular formula is C18H18ClN3O5S. The van der Waals surface area contributed by atoms with Gasteiger partial charge in [-0.05, 0) is 24.3 Å². The van der Waals surface area contributed by atoms with E-state index >= 15 is 0 Å². The first-order valence-electron chi connectivity index (χ1n) is 8.43. The fourth-order valence-electron chi connectivity index (χ4n) is 2.70. The van der Waals surface area contributed by atoms with E-state index in [0.29, 0.717) is 13.2 Å². The lowest BCUT2D eigenvalue weighted by Crippen LogP contribution is -2.44. The lowest BCUT2D eigenvalue weighted by molar-refractivity contribution is 0.0729. The fraction of sp³-hybridized carbons (Fsp3) is 0.222. The van der Waals surface area contributed by atoms with Crippen molar-refractivity contribution in [2.75, 3.05) is 26.3 Å². The number of rotatable bonds is 4. The monoisotopic (exact) mass is 423 g/mol. The van der Waals surface area contributed by atoms with Crippen molar-refractivity contribution >= 4 is 33.4 Å². The summed E-state index contributed by atoms with van der Waals surface area (Å²) in [5, 5.41) is 0.226. The average Bonchev–Trinajstić information content (AvgIpc) is 2.72. The Balaban J connectivity index is 1.78. The van der Waals surface area contributed by atoms with Crippen LogP contribution in [0.2, 0.25) is 5.02 Å². The number of carbonyl (C=O) groups excluding carboxylic acids is 2. The molecule has 0 saturated carbocycles. The molecule has 28 heavy (non-hydrogen) atoms. The molecule has 2 amide bonds. The molecule has 2 aromatic rings. The summed E-state index contributed by atoms with van der Waals surface area (Å²) in [6.07, 6.45) is 0. The molecule has 0 aromatic heterocycles. The summed E-state index contributed by atoms with van der Waals surface area (Å²) < 4.78 is 32.3. The van der Waals surface area contributed by atoms with Crippen LogP contribution in [0, 0.1) is 0 Å². The van der Waals surface area contributed by atoms with E-state index in [4.69, 9.17) is 16.3 Å². The molecule has 0 unspecified atom stereocenters. The third-order valence-electron chi connectivity index (χ3n) is 4.13. The highest BCUT2D eigenvalue weighted by Crippen LogP contribution is 2.21. The minimum absolute atomic E-state index is 0.0755. The first-order valence-corrected chi connectivity index (χ1v) is 10.2. The van der Waals surface area contributed by atoms with Crippen LogP contribution in [-0.2, 0) is 14.8 Å². The molecule has 148 valence electrons. The second-order valence-electron chi connectivity index (χ2n) is 5.90. The van der Waals surface area contributed by atoms with Gasteiger partial charge in [0.25, 0.3) is 11.8 Å². The Labute approximate surface area is 167 Å². The van der Waals surface area contributed by atoms with Gasteiger partial charge in [0.05, 0.1) is 34.3 Å². The van der Waals surface area contributed by atoms with E-state index in [9.17, 15) is 18.0 Å². The van der Waals surface area contributed by atoms with E-state index in [1.54, 1.807) is 24.3 Å². The Morgan fingerprint density at radius 3 is 2.07 bits per heavy atom. The molecule has 0 spiro atoms. The number of amides is 2. The van der Waals surface area contributed by atoms with Crippen molar-refractivity contribution in [1.29, 1.82) is 0 Å². The molecule has 0 radical (unpaired) electrons. The Hall–Kier alpha value is -2.46. The van der Waals surface area contributed by atoms with Gasteiger partial charge in [-0.25, -0.2) is 8.42 Å². The quantitative estimate of drug-likeness (QED) is 0.724. The fourth-order valence-corrected chi connectivity index (χ4v) is 4.52. The van der Waals surface area contributed by atoms with Gasteiger partial charge < -0.3 is 4.74 Å². The number of morpholine rings is 1. The average molecular weight is 424 g/mol. The number of nitrogens with one attached hydrogen (secondary N) is 2. The van der Waals surface area contributed by atoms with E-state index < -0.39 is 21.8 Å². The van der Waals surface area contributed by atoms with E-state index in [0.717, 1.165) is 0 Å². The molecule has 1 fully saturated rings. The number of carbonyl (C=O) groups is 2. The second-order valence-corrected chi connectivity index (χ2v) is 8.21. The highest BCUT2D eigenvalue weighted by Gasteiger charge is 2.30. The third-order valence-corrected chi connectivity index (χ3v) is 6.41. The van der Waals surface area contributed by atoms with E-state index in [1.165, 1.54) is 28.6 Å². The van der Waals surface area contributed by atoms with Gasteiger partial charge in [-0.1, -0.05) is 35.9 Å². The largest absolute Gasteiger partial charge is 0.379 e. The van der Waals surface area contributed by atoms with Crippen LogP contribution >= 0.6 is 11.6 Å². The van der Waals surface area contributed by atoms with Gasteiger partial charge in [0.2, 0.25) is 10.0 Å². The summed E-state index contributed by atoms with van der Waals surface area (Å²) in [5.41, 5.74) is 4.58. The number of hydrogen-bond donors (Lipinski definition) is 2. The van der Waals surface area contributed by atoms with Crippen molar-refractivity contribution in [1.82, 2.24) is 15.2 Å². The highest BCUT2D eigenvalue weighted by atomic mass is 35.5. The van der Waals surface area contributed by atoms with Crippen LogP contribution in [0.4, 0.5) is 0 Å². The van der Waals surface area contributed by atoms with Crippen LogP contribution in [0.1, 0.15) is 20.7 Å². The second kappa shape index (κ2) is 8.70. The summed E-state index contributed by atoms with van der Waals surface area (Å²) in [6.45, 7) is 1.01. The molecule has 0 atom stereocenters. The summed E-state index contributed by atoms with van der Waals surface area (Å²) >= 11 is 5.95. The standard InChI is InChI=1S/C18H18ClN3O5S/c19-15-7-3-1-5-13(15)17(23)20-21-18(24)14-6-2-4-8-16(14)28(25,26)22-9-11-27-12-10-22/h1-8H,9-12H2,(H,20,23)(H,21,24). The summed E-state index contributed by atoms with van der Waals surface area (Å²) in [4.78, 5) is 24.6. The zero-order valence-corrected chi connectivity index (χ0v) is 16.3. The number of halogens is 1. The minimum Gasteiger partial charge on any atom is -0.379 e. The number of ether oxygens (including phenoxy) is 1. The molecule has 2 aromatic carbocycles. The number of nitrogens with zero attached hydrogens (tertiary/aromatic N) is 1. The lowest BCUT2D eigenvalue weighted by Gasteiger charge is -2.26. The molecule has 0 bridgehead atoms. The summed E-state index contributed by atoms with van der Waals surface area (Å²) in [6, 6.07) is 12.2. The highest BCUT2D eigenvalue weighted by molar-refractivity contribution is 7.89. The smallest absolute Gasteiger partial charge is 0.271 e. The molecule has 0 aliphatic carbocycles. The first-order chi connectivity index (χ1) is 13.4. The SMILES string of the molecule is O=C(NNC(=O)c1ccccc1S(=O)(=O)N1CCOCC1)c1ccccc1Cl. The molecule has 1 heterocycles. The van der Waals surface area contributed by atoms with Crippen LogP contribution in [0.5, 0.6) is 0 Å². The Morgan fingerprint density at radius 2 is 1.43 bits per heavy atom.